The van der Waals surface area contributed by atoms with Crippen molar-refractivity contribution in [3.8, 4) is 0 Å². The van der Waals surface area contributed by atoms with E-state index in [-0.39, 0.29) is 36.5 Å². The number of aliphatic hydroxyl groups excluding tert-OH is 1. The first-order chi connectivity index (χ1) is 9.74. The van der Waals surface area contributed by atoms with E-state index in [4.69, 9.17) is 0 Å². The zero-order chi connectivity index (χ0) is 13.9. The highest BCUT2D eigenvalue weighted by Gasteiger charge is 2.33. The number of β-amino-alcohol motifs (C(OH)–C–C–N with tert-alkyl or cyclic N) is 1. The van der Waals surface area contributed by atoms with Gasteiger partial charge in [0.1, 0.15) is 0 Å². The van der Waals surface area contributed by atoms with Gasteiger partial charge < -0.3 is 15.7 Å². The van der Waals surface area contributed by atoms with Crippen molar-refractivity contribution in [2.24, 2.45) is 0 Å². The van der Waals surface area contributed by atoms with Crippen LogP contribution >= 0.6 is 12.4 Å². The maximum atomic E-state index is 12.2. The molecule has 4 nitrogen and oxygen atoms in total. The second-order valence-electron chi connectivity index (χ2n) is 5.91. The van der Waals surface area contributed by atoms with E-state index in [1.165, 1.54) is 5.56 Å². The predicted octanol–water partition coefficient (Wildman–Crippen LogP) is 1.58. The van der Waals surface area contributed by atoms with Gasteiger partial charge in [0, 0.05) is 18.5 Å². The number of carbonyl (C=O) groups excluding carboxylic acids is 1. The average molecular weight is 311 g/mol. The molecule has 1 aromatic carbocycles. The molecule has 1 aliphatic heterocycles. The molecular weight excluding hydrogens is 288 g/mol. The lowest BCUT2D eigenvalue weighted by Crippen LogP contribution is -2.45. The number of aliphatic hydroxyl groups is 1. The van der Waals surface area contributed by atoms with Gasteiger partial charge >= 0.3 is 0 Å². The number of amides is 1. The lowest BCUT2D eigenvalue weighted by Gasteiger charge is -2.23. The smallest absolute Gasteiger partial charge is 0.237 e. The third kappa shape index (κ3) is 3.76. The average Bonchev–Trinajstić information content (AvgIpc) is 3.09. The molecular formula is C16H23ClN2O2. The molecule has 2 fully saturated rings. The summed E-state index contributed by atoms with van der Waals surface area (Å²) in [6, 6.07) is 10.4. The standard InChI is InChI=1S/C16H22N2O2.ClH/c19-12-9-15(17-10-12)16(20)18-14-8-4-7-13(14)11-5-2-1-3-6-11;/h1-3,5-6,12-15,17,19H,4,7-10H2,(H,18,20);1H. The molecule has 0 spiro atoms. The Kier molecular flexibility index (Phi) is 5.62. The summed E-state index contributed by atoms with van der Waals surface area (Å²) >= 11 is 0. The Morgan fingerprint density at radius 2 is 2.00 bits per heavy atom. The van der Waals surface area contributed by atoms with Crippen molar-refractivity contribution in [1.29, 1.82) is 0 Å². The van der Waals surface area contributed by atoms with Crippen LogP contribution in [0.3, 0.4) is 0 Å². The van der Waals surface area contributed by atoms with Crippen LogP contribution in [0.4, 0.5) is 0 Å². The molecule has 0 bridgehead atoms. The van der Waals surface area contributed by atoms with Crippen LogP contribution in [0.5, 0.6) is 0 Å². The Hall–Kier alpha value is -1.10. The van der Waals surface area contributed by atoms with Gasteiger partial charge in [-0.25, -0.2) is 0 Å². The van der Waals surface area contributed by atoms with Gasteiger partial charge in [-0.15, -0.1) is 12.4 Å². The number of hydrogen-bond acceptors (Lipinski definition) is 3. The lowest BCUT2D eigenvalue weighted by atomic mass is 9.94. The van der Waals surface area contributed by atoms with E-state index in [1.807, 2.05) is 6.07 Å². The van der Waals surface area contributed by atoms with Crippen LogP contribution in [0, 0.1) is 0 Å². The van der Waals surface area contributed by atoms with Crippen molar-refractivity contribution >= 4 is 18.3 Å². The Balaban J connectivity index is 0.00000161. The van der Waals surface area contributed by atoms with Gasteiger partial charge in [0.2, 0.25) is 5.91 Å². The van der Waals surface area contributed by atoms with Crippen LogP contribution < -0.4 is 10.6 Å². The summed E-state index contributed by atoms with van der Waals surface area (Å²) in [5.74, 6) is 0.459. The molecule has 5 heteroatoms. The topological polar surface area (TPSA) is 61.4 Å². The zero-order valence-corrected chi connectivity index (χ0v) is 12.8. The van der Waals surface area contributed by atoms with Crippen molar-refractivity contribution in [3.63, 3.8) is 0 Å². The quantitative estimate of drug-likeness (QED) is 0.794. The van der Waals surface area contributed by atoms with Crippen LogP contribution in [-0.4, -0.2) is 35.7 Å². The number of hydrogen-bond donors (Lipinski definition) is 3. The normalized spacial score (nSPS) is 31.7. The van der Waals surface area contributed by atoms with Gasteiger partial charge in [0.15, 0.2) is 0 Å². The molecule has 2 aliphatic rings. The van der Waals surface area contributed by atoms with E-state index in [1.54, 1.807) is 0 Å². The minimum absolute atomic E-state index is 0. The van der Waals surface area contributed by atoms with Crippen molar-refractivity contribution in [2.45, 2.75) is 49.8 Å². The summed E-state index contributed by atoms with van der Waals surface area (Å²) in [5, 5.41) is 15.7. The van der Waals surface area contributed by atoms with Crippen LogP contribution in [0.15, 0.2) is 30.3 Å². The minimum atomic E-state index is -0.390. The van der Waals surface area contributed by atoms with Gasteiger partial charge in [-0.05, 0) is 24.8 Å². The number of halogens is 1. The SMILES string of the molecule is Cl.O=C(NC1CCCC1c1ccccc1)C1CC(O)CN1. The third-order valence-electron chi connectivity index (χ3n) is 4.50. The Morgan fingerprint density at radius 1 is 1.24 bits per heavy atom. The molecule has 3 N–H and O–H groups in total. The van der Waals surface area contributed by atoms with Gasteiger partial charge in [0.05, 0.1) is 12.1 Å². The van der Waals surface area contributed by atoms with Gasteiger partial charge in [0.25, 0.3) is 0 Å². The summed E-state index contributed by atoms with van der Waals surface area (Å²) in [6.07, 6.45) is 3.47. The highest BCUT2D eigenvalue weighted by atomic mass is 35.5. The van der Waals surface area contributed by atoms with Gasteiger partial charge in [-0.1, -0.05) is 36.8 Å². The first-order valence-corrected chi connectivity index (χ1v) is 7.51. The first kappa shape index (κ1) is 16.3. The number of carbonyl (C=O) groups is 1. The number of rotatable bonds is 3. The molecule has 1 aromatic rings. The second kappa shape index (κ2) is 7.25. The van der Waals surface area contributed by atoms with E-state index in [9.17, 15) is 9.90 Å². The predicted molar refractivity (Wildman–Crippen MR) is 84.6 cm³/mol. The Labute approximate surface area is 131 Å². The van der Waals surface area contributed by atoms with Crippen LogP contribution in [0.25, 0.3) is 0 Å². The molecule has 1 heterocycles. The van der Waals surface area contributed by atoms with Crippen LogP contribution in [0.1, 0.15) is 37.2 Å². The molecule has 1 saturated carbocycles. The summed E-state index contributed by atoms with van der Waals surface area (Å²) < 4.78 is 0. The monoisotopic (exact) mass is 310 g/mol. The molecule has 1 aliphatic carbocycles. The highest BCUT2D eigenvalue weighted by molar-refractivity contribution is 5.85. The largest absolute Gasteiger partial charge is 0.392 e. The fraction of sp³-hybridized carbons (Fsp3) is 0.562. The summed E-state index contributed by atoms with van der Waals surface area (Å²) in [7, 11) is 0. The van der Waals surface area contributed by atoms with Crippen molar-refractivity contribution in [3.05, 3.63) is 35.9 Å². The second-order valence-corrected chi connectivity index (χ2v) is 5.91. The number of benzene rings is 1. The fourth-order valence-electron chi connectivity index (χ4n) is 3.43. The fourth-order valence-corrected chi connectivity index (χ4v) is 3.43. The number of nitrogens with one attached hydrogen (secondary N) is 2. The Bertz CT molecular complexity index is 469. The molecule has 3 rings (SSSR count). The van der Waals surface area contributed by atoms with Crippen molar-refractivity contribution < 1.29 is 9.90 Å². The summed E-state index contributed by atoms with van der Waals surface area (Å²) in [4.78, 5) is 12.2. The first-order valence-electron chi connectivity index (χ1n) is 7.51. The van der Waals surface area contributed by atoms with Crippen LogP contribution in [0.2, 0.25) is 0 Å². The molecule has 4 atom stereocenters. The van der Waals surface area contributed by atoms with E-state index in [0.717, 1.165) is 19.3 Å². The molecule has 116 valence electrons. The molecule has 0 aromatic heterocycles. The Morgan fingerprint density at radius 3 is 2.67 bits per heavy atom. The minimum Gasteiger partial charge on any atom is -0.392 e. The molecule has 1 saturated heterocycles. The zero-order valence-electron chi connectivity index (χ0n) is 12.0. The van der Waals surface area contributed by atoms with Crippen LogP contribution in [-0.2, 0) is 4.79 Å². The maximum absolute atomic E-state index is 12.2. The van der Waals surface area contributed by atoms with Gasteiger partial charge in [-0.3, -0.25) is 4.79 Å². The highest BCUT2D eigenvalue weighted by Crippen LogP contribution is 2.34. The molecule has 21 heavy (non-hydrogen) atoms. The molecule has 0 radical (unpaired) electrons. The molecule has 1 amide bonds. The van der Waals surface area contributed by atoms with E-state index >= 15 is 0 Å². The lowest BCUT2D eigenvalue weighted by molar-refractivity contribution is -0.123. The van der Waals surface area contributed by atoms with E-state index in [0.29, 0.717) is 18.9 Å². The van der Waals surface area contributed by atoms with E-state index in [2.05, 4.69) is 34.9 Å². The van der Waals surface area contributed by atoms with Gasteiger partial charge in [-0.2, -0.15) is 0 Å². The molecule has 4 unspecified atom stereocenters. The van der Waals surface area contributed by atoms with Crippen molar-refractivity contribution in [1.82, 2.24) is 10.6 Å². The van der Waals surface area contributed by atoms with Crippen molar-refractivity contribution in [2.75, 3.05) is 6.54 Å². The summed E-state index contributed by atoms with van der Waals surface area (Å²) in [6.45, 7) is 0.519. The third-order valence-corrected chi connectivity index (χ3v) is 4.50. The summed E-state index contributed by atoms with van der Waals surface area (Å²) in [5.41, 5.74) is 1.31. The van der Waals surface area contributed by atoms with E-state index < -0.39 is 0 Å². The maximum Gasteiger partial charge on any atom is 0.237 e.